The monoisotopic (exact) mass is 432 g/mol. The average Bonchev–Trinajstić information content (AvgIpc) is 3.01. The van der Waals surface area contributed by atoms with E-state index in [1.54, 1.807) is 0 Å². The lowest BCUT2D eigenvalue weighted by Gasteiger charge is -2.24. The summed E-state index contributed by atoms with van der Waals surface area (Å²) in [6.07, 6.45) is 1.15. The summed E-state index contributed by atoms with van der Waals surface area (Å²) in [7, 11) is 8.04. The first-order chi connectivity index (χ1) is 10.6. The van der Waals surface area contributed by atoms with Crippen molar-refractivity contribution in [3.05, 3.63) is 29.8 Å². The molecule has 6 heteroatoms. The van der Waals surface area contributed by atoms with E-state index < -0.39 is 0 Å². The van der Waals surface area contributed by atoms with Crippen LogP contribution in [0.5, 0.6) is 0 Å². The van der Waals surface area contributed by atoms with Gasteiger partial charge in [-0.3, -0.25) is 4.99 Å². The van der Waals surface area contributed by atoms with Gasteiger partial charge < -0.3 is 19.9 Å². The van der Waals surface area contributed by atoms with Crippen molar-refractivity contribution >= 4 is 35.6 Å². The number of hydrogen-bond donors (Lipinski definition) is 1. The van der Waals surface area contributed by atoms with Crippen LogP contribution >= 0.6 is 24.0 Å². The fourth-order valence-corrected chi connectivity index (χ4v) is 2.71. The summed E-state index contributed by atoms with van der Waals surface area (Å²) >= 11 is 0. The van der Waals surface area contributed by atoms with Crippen molar-refractivity contribution in [1.29, 1.82) is 0 Å². The molecular weight excluding hydrogens is 403 g/mol. The van der Waals surface area contributed by atoms with Crippen LogP contribution in [0.25, 0.3) is 0 Å². The molecule has 0 saturated carbocycles. The summed E-state index contributed by atoms with van der Waals surface area (Å²) in [6.45, 7) is 3.52. The molecule has 130 valence electrons. The van der Waals surface area contributed by atoms with E-state index in [9.17, 15) is 0 Å². The molecule has 0 spiro atoms. The van der Waals surface area contributed by atoms with Crippen molar-refractivity contribution in [2.45, 2.75) is 13.0 Å². The van der Waals surface area contributed by atoms with Gasteiger partial charge in [-0.15, -0.1) is 24.0 Å². The summed E-state index contributed by atoms with van der Waals surface area (Å²) in [5, 5.41) is 3.44. The summed E-state index contributed by atoms with van der Waals surface area (Å²) < 4.78 is 5.44. The highest BCUT2D eigenvalue weighted by Gasteiger charge is 2.18. The molecule has 0 aromatic heterocycles. The normalized spacial score (nSPS) is 17.6. The van der Waals surface area contributed by atoms with Gasteiger partial charge in [0.15, 0.2) is 5.96 Å². The van der Waals surface area contributed by atoms with Crippen molar-refractivity contribution in [3.8, 4) is 0 Å². The number of aliphatic imine (C=N–C) groups is 1. The Balaban J connectivity index is 0.00000264. The predicted molar refractivity (Wildman–Crippen MR) is 108 cm³/mol. The first-order valence-corrected chi connectivity index (χ1v) is 7.86. The second-order valence-electron chi connectivity index (χ2n) is 6.08. The molecule has 23 heavy (non-hydrogen) atoms. The molecule has 1 N–H and O–H groups in total. The first-order valence-electron chi connectivity index (χ1n) is 7.86. The van der Waals surface area contributed by atoms with Crippen molar-refractivity contribution in [1.82, 2.24) is 10.2 Å². The van der Waals surface area contributed by atoms with E-state index in [0.717, 1.165) is 38.7 Å². The van der Waals surface area contributed by atoms with E-state index in [4.69, 9.17) is 4.74 Å². The Morgan fingerprint density at radius 1 is 1.35 bits per heavy atom. The van der Waals surface area contributed by atoms with Gasteiger partial charge >= 0.3 is 0 Å². The molecule has 1 fully saturated rings. The van der Waals surface area contributed by atoms with Gasteiger partial charge in [0.2, 0.25) is 0 Å². The SMILES string of the molecule is CN=C(NCc1cccc(N(C)C)c1)N(C)CC1CCOC1.I. The molecule has 1 aromatic rings. The molecule has 1 saturated heterocycles. The highest BCUT2D eigenvalue weighted by atomic mass is 127. The maximum atomic E-state index is 5.44. The largest absolute Gasteiger partial charge is 0.381 e. The molecule has 1 heterocycles. The summed E-state index contributed by atoms with van der Waals surface area (Å²) in [6, 6.07) is 8.54. The van der Waals surface area contributed by atoms with Crippen LogP contribution in [0.4, 0.5) is 5.69 Å². The maximum Gasteiger partial charge on any atom is 0.193 e. The number of rotatable bonds is 5. The van der Waals surface area contributed by atoms with Crippen LogP contribution < -0.4 is 10.2 Å². The zero-order valence-corrected chi connectivity index (χ0v) is 16.9. The molecular formula is C17H29IN4O. The third-order valence-electron chi connectivity index (χ3n) is 4.01. The van der Waals surface area contributed by atoms with E-state index in [-0.39, 0.29) is 24.0 Å². The van der Waals surface area contributed by atoms with Gasteiger partial charge in [0, 0.05) is 59.5 Å². The lowest BCUT2D eigenvalue weighted by molar-refractivity contribution is 0.181. The number of nitrogens with zero attached hydrogens (tertiary/aromatic N) is 3. The van der Waals surface area contributed by atoms with E-state index >= 15 is 0 Å². The Morgan fingerprint density at radius 3 is 2.74 bits per heavy atom. The number of guanidine groups is 1. The van der Waals surface area contributed by atoms with Gasteiger partial charge in [-0.25, -0.2) is 0 Å². The topological polar surface area (TPSA) is 40.1 Å². The van der Waals surface area contributed by atoms with Crippen molar-refractivity contribution in [2.75, 3.05) is 52.8 Å². The number of benzene rings is 1. The van der Waals surface area contributed by atoms with Gasteiger partial charge in [-0.05, 0) is 24.1 Å². The molecule has 1 aliphatic heterocycles. The molecule has 1 aromatic carbocycles. The van der Waals surface area contributed by atoms with Crippen LogP contribution in [-0.4, -0.2) is 58.8 Å². The van der Waals surface area contributed by atoms with Gasteiger partial charge in [0.25, 0.3) is 0 Å². The van der Waals surface area contributed by atoms with Crippen LogP contribution in [0, 0.1) is 5.92 Å². The van der Waals surface area contributed by atoms with Crippen LogP contribution in [-0.2, 0) is 11.3 Å². The van der Waals surface area contributed by atoms with Gasteiger partial charge in [0.05, 0.1) is 6.61 Å². The average molecular weight is 432 g/mol. The molecule has 0 aliphatic carbocycles. The summed E-state index contributed by atoms with van der Waals surface area (Å²) in [4.78, 5) is 8.69. The Bertz CT molecular complexity index is 501. The van der Waals surface area contributed by atoms with Crippen LogP contribution in [0.3, 0.4) is 0 Å². The minimum Gasteiger partial charge on any atom is -0.381 e. The third kappa shape index (κ3) is 6.18. The molecule has 0 bridgehead atoms. The van der Waals surface area contributed by atoms with Gasteiger partial charge in [-0.1, -0.05) is 12.1 Å². The lowest BCUT2D eigenvalue weighted by atomic mass is 10.1. The zero-order valence-electron chi connectivity index (χ0n) is 14.6. The number of ether oxygens (including phenoxy) is 1. The van der Waals surface area contributed by atoms with E-state index in [1.807, 2.05) is 7.05 Å². The standard InChI is InChI=1S/C17H28N4O.HI/c1-18-17(21(4)12-15-8-9-22-13-15)19-11-14-6-5-7-16(10-14)20(2)3;/h5-7,10,15H,8-9,11-13H2,1-4H3,(H,18,19);1H. The first kappa shape index (κ1) is 20.0. The number of hydrogen-bond acceptors (Lipinski definition) is 3. The van der Waals surface area contributed by atoms with Crippen LogP contribution in [0.2, 0.25) is 0 Å². The van der Waals surface area contributed by atoms with Crippen molar-refractivity contribution in [3.63, 3.8) is 0 Å². The molecule has 0 amide bonds. The highest BCUT2D eigenvalue weighted by Crippen LogP contribution is 2.14. The predicted octanol–water partition coefficient (Wildman–Crippen LogP) is 2.41. The molecule has 5 nitrogen and oxygen atoms in total. The maximum absolute atomic E-state index is 5.44. The Labute approximate surface area is 157 Å². The van der Waals surface area contributed by atoms with Crippen LogP contribution in [0.1, 0.15) is 12.0 Å². The highest BCUT2D eigenvalue weighted by molar-refractivity contribution is 14.0. The Hall–Kier alpha value is -1.02. The summed E-state index contributed by atoms with van der Waals surface area (Å²) in [5.41, 5.74) is 2.47. The minimum absolute atomic E-state index is 0. The summed E-state index contributed by atoms with van der Waals surface area (Å²) in [5.74, 6) is 1.54. The van der Waals surface area contributed by atoms with Gasteiger partial charge in [0.1, 0.15) is 0 Å². The van der Waals surface area contributed by atoms with Crippen LogP contribution in [0.15, 0.2) is 29.3 Å². The molecule has 0 radical (unpaired) electrons. The second kappa shape index (κ2) is 9.97. The fraction of sp³-hybridized carbons (Fsp3) is 0.588. The second-order valence-corrected chi connectivity index (χ2v) is 6.08. The van der Waals surface area contributed by atoms with Crippen molar-refractivity contribution in [2.24, 2.45) is 10.9 Å². The third-order valence-corrected chi connectivity index (χ3v) is 4.01. The van der Waals surface area contributed by atoms with E-state index in [0.29, 0.717) is 5.92 Å². The van der Waals surface area contributed by atoms with E-state index in [2.05, 4.69) is 65.5 Å². The Morgan fingerprint density at radius 2 is 2.13 bits per heavy atom. The zero-order chi connectivity index (χ0) is 15.9. The van der Waals surface area contributed by atoms with Gasteiger partial charge in [-0.2, -0.15) is 0 Å². The molecule has 1 aliphatic rings. The minimum atomic E-state index is 0. The smallest absolute Gasteiger partial charge is 0.193 e. The number of nitrogens with one attached hydrogen (secondary N) is 1. The number of halogens is 1. The molecule has 1 atom stereocenters. The quantitative estimate of drug-likeness (QED) is 0.441. The fourth-order valence-electron chi connectivity index (χ4n) is 2.71. The molecule has 1 unspecified atom stereocenters. The molecule has 2 rings (SSSR count). The van der Waals surface area contributed by atoms with Crippen molar-refractivity contribution < 1.29 is 4.74 Å². The lowest BCUT2D eigenvalue weighted by Crippen LogP contribution is -2.41. The Kier molecular flexibility index (Phi) is 8.68. The number of anilines is 1. The van der Waals surface area contributed by atoms with E-state index in [1.165, 1.54) is 11.3 Å².